The van der Waals surface area contributed by atoms with Gasteiger partial charge in [-0.3, -0.25) is 9.59 Å². The molecule has 9 nitrogen and oxygen atoms in total. The number of rotatable bonds is 8. The maximum absolute atomic E-state index is 13.2. The molecule has 0 fully saturated rings. The van der Waals surface area contributed by atoms with Gasteiger partial charge in [-0.15, -0.1) is 0 Å². The number of carbonyl (C=O) groups is 2. The van der Waals surface area contributed by atoms with Gasteiger partial charge in [0.05, 0.1) is 36.2 Å². The standard InChI is InChI=1S/C22H26N2O7S/c1-4-30-20-8-6-5-7-17(20)18(12-22(26)27)23-32(28,29)16-9-10-21-19(11-16)24(15(3)25)13-14(2)31-21/h5-11,14,18,23H,4,12-13H2,1-3H3,(H,26,27). The van der Waals surface area contributed by atoms with E-state index in [1.807, 2.05) is 6.92 Å². The van der Waals surface area contributed by atoms with Crippen LogP contribution in [0, 0.1) is 0 Å². The summed E-state index contributed by atoms with van der Waals surface area (Å²) < 4.78 is 40.2. The molecule has 2 atom stereocenters. The average Bonchev–Trinajstić information content (AvgIpc) is 2.72. The van der Waals surface area contributed by atoms with E-state index in [4.69, 9.17) is 9.47 Å². The Kier molecular flexibility index (Phi) is 7.05. The Labute approximate surface area is 187 Å². The second kappa shape index (κ2) is 9.58. The van der Waals surface area contributed by atoms with Crippen molar-refractivity contribution >= 4 is 27.6 Å². The summed E-state index contributed by atoms with van der Waals surface area (Å²) in [6.07, 6.45) is -0.712. The van der Waals surface area contributed by atoms with Crippen molar-refractivity contribution in [3.05, 3.63) is 48.0 Å². The highest BCUT2D eigenvalue weighted by molar-refractivity contribution is 7.89. The fourth-order valence-corrected chi connectivity index (χ4v) is 4.82. The summed E-state index contributed by atoms with van der Waals surface area (Å²) in [5.74, 6) is -0.598. The summed E-state index contributed by atoms with van der Waals surface area (Å²) in [4.78, 5) is 24.9. The normalized spacial score (nSPS) is 16.6. The largest absolute Gasteiger partial charge is 0.494 e. The molecule has 1 amide bonds. The number of anilines is 1. The number of nitrogens with zero attached hydrogens (tertiary/aromatic N) is 1. The number of fused-ring (bicyclic) bond motifs is 1. The lowest BCUT2D eigenvalue weighted by molar-refractivity contribution is -0.137. The number of hydrogen-bond donors (Lipinski definition) is 2. The molecule has 2 aromatic rings. The minimum Gasteiger partial charge on any atom is -0.494 e. The van der Waals surface area contributed by atoms with E-state index in [1.54, 1.807) is 31.2 Å². The summed E-state index contributed by atoms with van der Waals surface area (Å²) in [7, 11) is -4.14. The first-order valence-corrected chi connectivity index (χ1v) is 11.6. The third-order valence-corrected chi connectivity index (χ3v) is 6.42. The Morgan fingerprint density at radius 3 is 2.66 bits per heavy atom. The summed E-state index contributed by atoms with van der Waals surface area (Å²) in [6, 6.07) is 9.85. The molecule has 1 aliphatic rings. The van der Waals surface area contributed by atoms with Crippen LogP contribution in [0.1, 0.15) is 38.8 Å². The summed E-state index contributed by atoms with van der Waals surface area (Å²) in [6.45, 7) is 5.63. The van der Waals surface area contributed by atoms with Gasteiger partial charge in [0.2, 0.25) is 15.9 Å². The van der Waals surface area contributed by atoms with Gasteiger partial charge in [0.25, 0.3) is 0 Å². The molecule has 0 saturated carbocycles. The first-order valence-electron chi connectivity index (χ1n) is 10.2. The fourth-order valence-electron chi connectivity index (χ4n) is 3.58. The molecule has 1 heterocycles. The van der Waals surface area contributed by atoms with Crippen molar-refractivity contribution in [1.29, 1.82) is 0 Å². The van der Waals surface area contributed by atoms with E-state index in [9.17, 15) is 23.1 Å². The SMILES string of the molecule is CCOc1ccccc1C(CC(=O)O)NS(=O)(=O)c1ccc2c(c1)N(C(C)=O)CC(C)O2. The van der Waals surface area contributed by atoms with Gasteiger partial charge >= 0.3 is 5.97 Å². The lowest BCUT2D eigenvalue weighted by atomic mass is 10.0. The van der Waals surface area contributed by atoms with Crippen LogP contribution in [0.15, 0.2) is 47.4 Å². The van der Waals surface area contributed by atoms with Crippen molar-refractivity contribution in [2.45, 2.75) is 44.2 Å². The van der Waals surface area contributed by atoms with Crippen molar-refractivity contribution < 1.29 is 32.6 Å². The Hall–Kier alpha value is -3.11. The number of amides is 1. The Balaban J connectivity index is 1.99. The lowest BCUT2D eigenvalue weighted by Gasteiger charge is -2.33. The van der Waals surface area contributed by atoms with E-state index in [0.29, 0.717) is 35.9 Å². The van der Waals surface area contributed by atoms with Gasteiger partial charge in [-0.25, -0.2) is 13.1 Å². The molecule has 3 rings (SSSR count). The van der Waals surface area contributed by atoms with Gasteiger partial charge in [0.15, 0.2) is 0 Å². The van der Waals surface area contributed by atoms with Gasteiger partial charge in [0, 0.05) is 12.5 Å². The van der Waals surface area contributed by atoms with Crippen LogP contribution in [0.25, 0.3) is 0 Å². The lowest BCUT2D eigenvalue weighted by Crippen LogP contribution is -2.41. The quantitative estimate of drug-likeness (QED) is 0.618. The predicted molar refractivity (Wildman–Crippen MR) is 117 cm³/mol. The summed E-state index contributed by atoms with van der Waals surface area (Å²) >= 11 is 0. The zero-order valence-electron chi connectivity index (χ0n) is 18.1. The highest BCUT2D eigenvalue weighted by atomic mass is 32.2. The number of carbonyl (C=O) groups excluding carboxylic acids is 1. The number of nitrogens with one attached hydrogen (secondary N) is 1. The third-order valence-electron chi connectivity index (χ3n) is 4.95. The van der Waals surface area contributed by atoms with Crippen LogP contribution in [-0.4, -0.2) is 44.7 Å². The number of aliphatic carboxylic acids is 1. The minimum atomic E-state index is -4.14. The number of sulfonamides is 1. The van der Waals surface area contributed by atoms with E-state index in [1.165, 1.54) is 30.0 Å². The Morgan fingerprint density at radius 1 is 1.28 bits per heavy atom. The molecule has 0 saturated heterocycles. The second-order valence-corrected chi connectivity index (χ2v) is 9.14. The average molecular weight is 463 g/mol. The molecule has 2 unspecified atom stereocenters. The molecular formula is C22H26N2O7S. The minimum absolute atomic E-state index is 0.107. The topological polar surface area (TPSA) is 122 Å². The van der Waals surface area contributed by atoms with Crippen molar-refractivity contribution in [2.24, 2.45) is 0 Å². The Morgan fingerprint density at radius 2 is 2.00 bits per heavy atom. The van der Waals surface area contributed by atoms with E-state index in [-0.39, 0.29) is 16.9 Å². The van der Waals surface area contributed by atoms with Crippen LogP contribution in [-0.2, 0) is 19.6 Å². The molecule has 0 aromatic heterocycles. The molecule has 10 heteroatoms. The van der Waals surface area contributed by atoms with Gasteiger partial charge < -0.3 is 19.5 Å². The van der Waals surface area contributed by atoms with Gasteiger partial charge in [0.1, 0.15) is 17.6 Å². The van der Waals surface area contributed by atoms with E-state index in [0.717, 1.165) is 0 Å². The first-order chi connectivity index (χ1) is 15.1. The number of carboxylic acids is 1. The molecule has 32 heavy (non-hydrogen) atoms. The van der Waals surface area contributed by atoms with Crippen LogP contribution in [0.3, 0.4) is 0 Å². The van der Waals surface area contributed by atoms with E-state index in [2.05, 4.69) is 4.72 Å². The third kappa shape index (κ3) is 5.20. The molecule has 0 spiro atoms. The maximum atomic E-state index is 13.2. The number of ether oxygens (including phenoxy) is 2. The van der Waals surface area contributed by atoms with E-state index < -0.39 is 28.5 Å². The molecule has 0 aliphatic carbocycles. The van der Waals surface area contributed by atoms with Crippen molar-refractivity contribution in [3.8, 4) is 11.5 Å². The fraction of sp³-hybridized carbons (Fsp3) is 0.364. The van der Waals surface area contributed by atoms with Crippen LogP contribution >= 0.6 is 0 Å². The number of hydrogen-bond acceptors (Lipinski definition) is 6. The highest BCUT2D eigenvalue weighted by Crippen LogP contribution is 2.36. The number of carboxylic acid groups (broad SMARTS) is 1. The number of benzene rings is 2. The molecule has 0 bridgehead atoms. The molecular weight excluding hydrogens is 436 g/mol. The highest BCUT2D eigenvalue weighted by Gasteiger charge is 2.30. The van der Waals surface area contributed by atoms with Gasteiger partial charge in [-0.2, -0.15) is 0 Å². The van der Waals surface area contributed by atoms with Gasteiger partial charge in [-0.05, 0) is 38.1 Å². The zero-order chi connectivity index (χ0) is 23.5. The molecule has 2 N–H and O–H groups in total. The molecule has 1 aliphatic heterocycles. The Bertz CT molecular complexity index is 1120. The van der Waals surface area contributed by atoms with Crippen molar-refractivity contribution in [2.75, 3.05) is 18.1 Å². The predicted octanol–water partition coefficient (Wildman–Crippen LogP) is 2.71. The summed E-state index contributed by atoms with van der Waals surface area (Å²) in [5, 5.41) is 9.38. The summed E-state index contributed by atoms with van der Waals surface area (Å²) in [5.41, 5.74) is 0.767. The smallest absolute Gasteiger partial charge is 0.305 e. The van der Waals surface area contributed by atoms with Crippen LogP contribution in [0.2, 0.25) is 0 Å². The molecule has 2 aromatic carbocycles. The monoisotopic (exact) mass is 462 g/mol. The van der Waals surface area contributed by atoms with Crippen LogP contribution in [0.5, 0.6) is 11.5 Å². The zero-order valence-corrected chi connectivity index (χ0v) is 18.9. The van der Waals surface area contributed by atoms with Crippen LogP contribution < -0.4 is 19.1 Å². The van der Waals surface area contributed by atoms with Gasteiger partial charge in [-0.1, -0.05) is 18.2 Å². The van der Waals surface area contributed by atoms with E-state index >= 15 is 0 Å². The second-order valence-electron chi connectivity index (χ2n) is 7.43. The van der Waals surface area contributed by atoms with Crippen molar-refractivity contribution in [3.63, 3.8) is 0 Å². The molecule has 172 valence electrons. The maximum Gasteiger partial charge on any atom is 0.305 e. The molecule has 0 radical (unpaired) electrons. The van der Waals surface area contributed by atoms with Crippen molar-refractivity contribution in [1.82, 2.24) is 4.72 Å². The first kappa shape index (κ1) is 23.6. The van der Waals surface area contributed by atoms with Crippen LogP contribution in [0.4, 0.5) is 5.69 Å². The number of para-hydroxylation sites is 1.